The Kier molecular flexibility index (Phi) is 8.50. The smallest absolute Gasteiger partial charge is 0.334 e. The first-order valence-corrected chi connectivity index (χ1v) is 10.3. The molecule has 2 aliphatic rings. The molecule has 150 valence electrons. The highest BCUT2D eigenvalue weighted by Crippen LogP contribution is 2.37. The minimum absolute atomic E-state index is 0.0142. The minimum atomic E-state index is -0.699. The summed E-state index contributed by atoms with van der Waals surface area (Å²) in [5.41, 5.74) is 0. The lowest BCUT2D eigenvalue weighted by Crippen LogP contribution is -2.32. The number of imide groups is 1. The van der Waals surface area contributed by atoms with Crippen LogP contribution < -0.4 is 0 Å². The van der Waals surface area contributed by atoms with Crippen LogP contribution in [0, 0.1) is 17.8 Å². The third-order valence-corrected chi connectivity index (χ3v) is 5.72. The zero-order valence-corrected chi connectivity index (χ0v) is 16.7. The van der Waals surface area contributed by atoms with Gasteiger partial charge in [-0.1, -0.05) is 30.8 Å². The van der Waals surface area contributed by atoms with E-state index in [0.29, 0.717) is 29.4 Å². The third kappa shape index (κ3) is 6.77. The predicted molar refractivity (Wildman–Crippen MR) is 100 cm³/mol. The number of allylic oxidation sites excluding steroid dienone is 2. The number of ether oxygens (including phenoxy) is 1. The van der Waals surface area contributed by atoms with Gasteiger partial charge in [-0.3, -0.25) is 14.4 Å². The van der Waals surface area contributed by atoms with E-state index in [1.54, 1.807) is 0 Å². The molecule has 2 amide bonds. The SMILES string of the molecule is C/C=C\C1CC(C)C(COCC(=O)SCCC(=O)ON2C(=O)CCC2=O)C1. The van der Waals surface area contributed by atoms with Gasteiger partial charge in [0, 0.05) is 18.6 Å². The lowest BCUT2D eigenvalue weighted by atomic mass is 9.99. The maximum atomic E-state index is 11.9. The van der Waals surface area contributed by atoms with Crippen LogP contribution in [0.25, 0.3) is 0 Å². The molecule has 0 N–H and O–H groups in total. The van der Waals surface area contributed by atoms with Crippen molar-refractivity contribution in [3.63, 3.8) is 0 Å². The van der Waals surface area contributed by atoms with Crippen molar-refractivity contribution < 1.29 is 28.8 Å². The summed E-state index contributed by atoms with van der Waals surface area (Å²) in [6, 6.07) is 0. The van der Waals surface area contributed by atoms with E-state index in [1.165, 1.54) is 0 Å². The molecule has 0 aromatic heterocycles. The summed E-state index contributed by atoms with van der Waals surface area (Å²) in [6.45, 7) is 4.83. The van der Waals surface area contributed by atoms with Crippen molar-refractivity contribution in [1.29, 1.82) is 0 Å². The number of hydroxylamine groups is 2. The normalized spacial score (nSPS) is 25.6. The van der Waals surface area contributed by atoms with Gasteiger partial charge in [0.2, 0.25) is 5.12 Å². The molecule has 2 rings (SSSR count). The number of carbonyl (C=O) groups excluding carboxylic acids is 4. The molecule has 3 unspecified atom stereocenters. The Labute approximate surface area is 163 Å². The molecule has 1 saturated carbocycles. The number of carbonyl (C=O) groups is 4. The van der Waals surface area contributed by atoms with E-state index in [1.807, 2.05) is 6.92 Å². The monoisotopic (exact) mass is 397 g/mol. The van der Waals surface area contributed by atoms with E-state index in [0.717, 1.165) is 24.6 Å². The molecule has 0 bridgehead atoms. The van der Waals surface area contributed by atoms with Gasteiger partial charge in [0.25, 0.3) is 11.8 Å². The van der Waals surface area contributed by atoms with Crippen molar-refractivity contribution >= 4 is 34.7 Å². The van der Waals surface area contributed by atoms with Crippen LogP contribution in [0.1, 0.15) is 46.0 Å². The van der Waals surface area contributed by atoms with E-state index in [-0.39, 0.29) is 36.7 Å². The summed E-state index contributed by atoms with van der Waals surface area (Å²) in [5.74, 6) is 0.153. The van der Waals surface area contributed by atoms with Gasteiger partial charge >= 0.3 is 5.97 Å². The Morgan fingerprint density at radius 2 is 1.93 bits per heavy atom. The van der Waals surface area contributed by atoms with Crippen LogP contribution >= 0.6 is 11.8 Å². The topological polar surface area (TPSA) is 90.0 Å². The fourth-order valence-electron chi connectivity index (χ4n) is 3.44. The minimum Gasteiger partial charge on any atom is -0.372 e. The van der Waals surface area contributed by atoms with Crippen LogP contribution in [0.5, 0.6) is 0 Å². The Hall–Kier alpha value is -1.67. The van der Waals surface area contributed by atoms with Gasteiger partial charge in [0.15, 0.2) is 0 Å². The van der Waals surface area contributed by atoms with E-state index < -0.39 is 17.8 Å². The quantitative estimate of drug-likeness (QED) is 0.436. The molecule has 1 aliphatic heterocycles. The molecular weight excluding hydrogens is 370 g/mol. The Balaban J connectivity index is 1.56. The zero-order valence-electron chi connectivity index (χ0n) is 15.8. The molecule has 1 saturated heterocycles. The second kappa shape index (κ2) is 10.6. The van der Waals surface area contributed by atoms with Gasteiger partial charge in [-0.05, 0) is 37.5 Å². The third-order valence-electron chi connectivity index (χ3n) is 4.87. The summed E-state index contributed by atoms with van der Waals surface area (Å²) in [6.07, 6.45) is 6.63. The highest BCUT2D eigenvalue weighted by atomic mass is 32.2. The van der Waals surface area contributed by atoms with Crippen LogP contribution in [0.4, 0.5) is 0 Å². The van der Waals surface area contributed by atoms with E-state index >= 15 is 0 Å². The van der Waals surface area contributed by atoms with Gasteiger partial charge in [-0.2, -0.15) is 0 Å². The molecule has 27 heavy (non-hydrogen) atoms. The Bertz CT molecular complexity index is 589. The van der Waals surface area contributed by atoms with Crippen molar-refractivity contribution in [3.05, 3.63) is 12.2 Å². The average Bonchev–Trinajstić information content (AvgIpc) is 3.12. The Morgan fingerprint density at radius 1 is 1.22 bits per heavy atom. The van der Waals surface area contributed by atoms with Crippen LogP contribution in [0.15, 0.2) is 12.2 Å². The highest BCUT2D eigenvalue weighted by molar-refractivity contribution is 8.13. The van der Waals surface area contributed by atoms with Crippen LogP contribution in [0.3, 0.4) is 0 Å². The van der Waals surface area contributed by atoms with Crippen molar-refractivity contribution in [3.8, 4) is 0 Å². The van der Waals surface area contributed by atoms with E-state index in [2.05, 4.69) is 19.1 Å². The molecule has 0 spiro atoms. The molecule has 0 aromatic rings. The maximum absolute atomic E-state index is 11.9. The summed E-state index contributed by atoms with van der Waals surface area (Å²) in [4.78, 5) is 51.0. The van der Waals surface area contributed by atoms with Crippen molar-refractivity contribution in [1.82, 2.24) is 5.06 Å². The largest absolute Gasteiger partial charge is 0.372 e. The molecule has 8 heteroatoms. The van der Waals surface area contributed by atoms with Crippen LogP contribution in [0.2, 0.25) is 0 Å². The average molecular weight is 397 g/mol. The van der Waals surface area contributed by atoms with E-state index in [9.17, 15) is 19.2 Å². The summed E-state index contributed by atoms with van der Waals surface area (Å²) >= 11 is 0.992. The highest BCUT2D eigenvalue weighted by Gasteiger charge is 2.33. The second-order valence-corrected chi connectivity index (χ2v) is 8.18. The summed E-state index contributed by atoms with van der Waals surface area (Å²) < 4.78 is 5.56. The first-order chi connectivity index (χ1) is 12.9. The zero-order chi connectivity index (χ0) is 19.8. The van der Waals surface area contributed by atoms with Gasteiger partial charge in [-0.15, -0.1) is 5.06 Å². The number of thioether (sulfide) groups is 1. The molecule has 1 aliphatic carbocycles. The molecule has 7 nitrogen and oxygen atoms in total. The molecule has 0 aromatic carbocycles. The van der Waals surface area contributed by atoms with Crippen molar-refractivity contribution in [2.75, 3.05) is 19.0 Å². The number of nitrogens with zero attached hydrogens (tertiary/aromatic N) is 1. The molecule has 3 atom stereocenters. The fraction of sp³-hybridized carbons (Fsp3) is 0.684. The van der Waals surface area contributed by atoms with Gasteiger partial charge in [0.1, 0.15) is 6.61 Å². The van der Waals surface area contributed by atoms with Crippen molar-refractivity contribution in [2.45, 2.75) is 46.0 Å². The first-order valence-electron chi connectivity index (χ1n) is 9.33. The van der Waals surface area contributed by atoms with Crippen LogP contribution in [-0.2, 0) is 28.8 Å². The molecule has 1 heterocycles. The number of amides is 2. The van der Waals surface area contributed by atoms with E-state index in [4.69, 9.17) is 9.57 Å². The van der Waals surface area contributed by atoms with Crippen molar-refractivity contribution in [2.24, 2.45) is 17.8 Å². The standard InChI is InChI=1S/C19H27NO6S/c1-3-4-14-9-13(2)15(10-14)11-25-12-19(24)27-8-7-18(23)26-20-16(21)5-6-17(20)22/h3-4,13-15H,5-12H2,1-2H3/b4-3-. The van der Waals surface area contributed by atoms with Gasteiger partial charge < -0.3 is 9.57 Å². The lowest BCUT2D eigenvalue weighted by molar-refractivity contribution is -0.197. The number of hydrogen-bond donors (Lipinski definition) is 0. The maximum Gasteiger partial charge on any atom is 0.334 e. The molecule has 2 fully saturated rings. The summed E-state index contributed by atoms with van der Waals surface area (Å²) in [7, 11) is 0. The van der Waals surface area contributed by atoms with Gasteiger partial charge in [0.05, 0.1) is 13.0 Å². The van der Waals surface area contributed by atoms with Gasteiger partial charge in [-0.25, -0.2) is 4.79 Å². The molecular formula is C19H27NO6S. The lowest BCUT2D eigenvalue weighted by Gasteiger charge is -2.14. The first kappa shape index (κ1) is 21.6. The van der Waals surface area contributed by atoms with Crippen LogP contribution in [-0.4, -0.2) is 46.9 Å². The number of hydrogen-bond acceptors (Lipinski definition) is 7. The molecule has 0 radical (unpaired) electrons. The fourth-order valence-corrected chi connectivity index (χ4v) is 4.10. The predicted octanol–water partition coefficient (Wildman–Crippen LogP) is 2.50. The summed E-state index contributed by atoms with van der Waals surface area (Å²) in [5, 5.41) is 0.369. The number of rotatable bonds is 9. The Morgan fingerprint density at radius 3 is 2.59 bits per heavy atom. The second-order valence-electron chi connectivity index (χ2n) is 7.03.